The van der Waals surface area contributed by atoms with Gasteiger partial charge in [0.25, 0.3) is 0 Å². The maximum Gasteiger partial charge on any atom is 0.465 e. The van der Waals surface area contributed by atoms with Gasteiger partial charge < -0.3 is 28.5 Å². The lowest BCUT2D eigenvalue weighted by atomic mass is 9.59. The maximum atomic E-state index is 14.4. The number of hydrogen-bond donors (Lipinski definition) is 1. The maximum absolute atomic E-state index is 14.4. The van der Waals surface area contributed by atoms with Gasteiger partial charge in [-0.15, -0.1) is 0 Å². The summed E-state index contributed by atoms with van der Waals surface area (Å²) in [5, 5.41) is -5.16. The Labute approximate surface area is 320 Å². The summed E-state index contributed by atoms with van der Waals surface area (Å²) in [7, 11) is -6.08. The largest absolute Gasteiger partial charge is 0.465 e. The molecular weight excluding hydrogens is 746 g/mol. The average Bonchev–Trinajstić information content (AvgIpc) is 3.15. The van der Waals surface area contributed by atoms with Crippen LogP contribution in [0.1, 0.15) is 103 Å². The van der Waals surface area contributed by atoms with E-state index >= 15 is 0 Å². The molecule has 0 spiro atoms. The zero-order chi connectivity index (χ0) is 39.3. The zero-order valence-corrected chi connectivity index (χ0v) is 32.2. The Balaban J connectivity index is 1.07. The quantitative estimate of drug-likeness (QED) is 0.126. The van der Waals surface area contributed by atoms with Crippen LogP contribution in [0, 0.1) is 64.1 Å². The molecule has 11 atom stereocenters. The van der Waals surface area contributed by atoms with Crippen molar-refractivity contribution in [3.8, 4) is 0 Å². The summed E-state index contributed by atoms with van der Waals surface area (Å²) in [6, 6.07) is 0. The van der Waals surface area contributed by atoms with Gasteiger partial charge in [0.1, 0.15) is 31.4 Å². The number of esters is 3. The summed E-state index contributed by atoms with van der Waals surface area (Å²) in [5.41, 5.74) is -1.97. The first-order chi connectivity index (χ1) is 26.0. The lowest BCUT2D eigenvalue weighted by Gasteiger charge is -2.49. The summed E-state index contributed by atoms with van der Waals surface area (Å²) < 4.78 is 90.2. The van der Waals surface area contributed by atoms with Gasteiger partial charge in [0.2, 0.25) is 0 Å². The molecule has 7 rings (SSSR count). The van der Waals surface area contributed by atoms with E-state index < -0.39 is 68.3 Å². The Morgan fingerprint density at radius 2 is 1.64 bits per heavy atom. The van der Waals surface area contributed by atoms with Crippen LogP contribution >= 0.6 is 0 Å². The van der Waals surface area contributed by atoms with E-state index in [2.05, 4.69) is 0 Å². The molecule has 1 N–H and O–H groups in total. The highest BCUT2D eigenvalue weighted by Gasteiger charge is 2.58. The summed E-state index contributed by atoms with van der Waals surface area (Å²) >= 11 is 0. The normalized spacial score (nSPS) is 41.7. The van der Waals surface area contributed by atoms with Gasteiger partial charge in [-0.05, 0) is 94.3 Å². The van der Waals surface area contributed by atoms with Crippen LogP contribution in [0.15, 0.2) is 0 Å². The van der Waals surface area contributed by atoms with E-state index in [4.69, 9.17) is 28.2 Å². The van der Waals surface area contributed by atoms with Crippen molar-refractivity contribution in [2.75, 3.05) is 26.4 Å². The van der Waals surface area contributed by atoms with E-state index in [0.717, 1.165) is 51.2 Å². The second-order valence-corrected chi connectivity index (χ2v) is 19.8. The topological polar surface area (TPSA) is 186 Å². The van der Waals surface area contributed by atoms with Gasteiger partial charge in [-0.3, -0.25) is 18.9 Å². The number of halogens is 2. The summed E-state index contributed by atoms with van der Waals surface area (Å²) in [4.78, 5) is 64.7. The number of ketones is 1. The first-order valence-electron chi connectivity index (χ1n) is 20.1. The molecule has 0 aromatic heterocycles. The Morgan fingerprint density at radius 3 is 2.36 bits per heavy atom. The fourth-order valence-electron chi connectivity index (χ4n) is 11.6. The first-order valence-corrected chi connectivity index (χ1v) is 21.6. The fraction of sp³-hybridized carbons (Fsp3) is 0.872. The van der Waals surface area contributed by atoms with Crippen molar-refractivity contribution in [2.45, 2.75) is 121 Å². The van der Waals surface area contributed by atoms with E-state index in [-0.39, 0.29) is 73.6 Å². The lowest BCUT2D eigenvalue weighted by Crippen LogP contribution is -2.56. The van der Waals surface area contributed by atoms with Crippen LogP contribution in [0.25, 0.3) is 0 Å². The SMILES string of the molecule is CC1CC2CC(C(=O)OCC3(COC(=O)C45CCCC(CC(C=O)C4)C5)COC(C4CC5CCCC(C5)C4OC(=O)C(F)(F)S(=O)(=O)O)OC3)CC(C2)C1=O. The van der Waals surface area contributed by atoms with Crippen molar-refractivity contribution in [1.82, 2.24) is 0 Å². The van der Waals surface area contributed by atoms with Crippen LogP contribution in [0.3, 0.4) is 0 Å². The minimum atomic E-state index is -6.08. The lowest BCUT2D eigenvalue weighted by molar-refractivity contribution is -0.285. The smallest absolute Gasteiger partial charge is 0.465 e. The molecule has 16 heteroatoms. The van der Waals surface area contributed by atoms with Gasteiger partial charge in [0.05, 0.1) is 30.0 Å². The minimum absolute atomic E-state index is 0.0286. The number of aldehydes is 1. The van der Waals surface area contributed by atoms with Gasteiger partial charge >= 0.3 is 33.3 Å². The molecule has 308 valence electrons. The molecule has 55 heavy (non-hydrogen) atoms. The Hall–Kier alpha value is -2.56. The number of rotatable bonds is 11. The molecule has 0 amide bonds. The third kappa shape index (κ3) is 8.25. The Bertz CT molecular complexity index is 1610. The van der Waals surface area contributed by atoms with Crippen LogP contribution in [-0.2, 0) is 57.8 Å². The van der Waals surface area contributed by atoms with Crippen LogP contribution in [0.4, 0.5) is 8.78 Å². The predicted molar refractivity (Wildman–Crippen MR) is 186 cm³/mol. The molecule has 1 saturated heterocycles. The van der Waals surface area contributed by atoms with Gasteiger partial charge in [-0.2, -0.15) is 17.2 Å². The highest BCUT2D eigenvalue weighted by molar-refractivity contribution is 7.87. The van der Waals surface area contributed by atoms with Crippen LogP contribution in [0.2, 0.25) is 0 Å². The summed E-state index contributed by atoms with van der Waals surface area (Å²) in [6.07, 6.45) is 8.53. The summed E-state index contributed by atoms with van der Waals surface area (Å²) in [5.74, 6) is -4.43. The van der Waals surface area contributed by atoms with Crippen molar-refractivity contribution < 1.29 is 69.4 Å². The molecule has 7 fully saturated rings. The number of ether oxygens (including phenoxy) is 5. The molecule has 11 unspecified atom stereocenters. The molecule has 6 saturated carbocycles. The van der Waals surface area contributed by atoms with Gasteiger partial charge in [0.15, 0.2) is 6.29 Å². The van der Waals surface area contributed by atoms with Gasteiger partial charge in [-0.1, -0.05) is 32.6 Å². The molecule has 0 radical (unpaired) electrons. The monoisotopic (exact) mass is 800 g/mol. The van der Waals surface area contributed by atoms with E-state index in [9.17, 15) is 41.2 Å². The van der Waals surface area contributed by atoms with Crippen molar-refractivity contribution >= 4 is 40.1 Å². The molecule has 13 nitrogen and oxygen atoms in total. The second-order valence-electron chi connectivity index (χ2n) is 18.3. The molecular formula is C39H54F2O13S. The summed E-state index contributed by atoms with van der Waals surface area (Å²) in [6.45, 7) is 1.20. The van der Waals surface area contributed by atoms with Crippen molar-refractivity contribution in [1.29, 1.82) is 0 Å². The number of carbonyl (C=O) groups is 5. The minimum Gasteiger partial charge on any atom is -0.465 e. The van der Waals surface area contributed by atoms with E-state index in [0.29, 0.717) is 51.4 Å². The molecule has 1 aliphatic heterocycles. The third-order valence-corrected chi connectivity index (χ3v) is 15.0. The second kappa shape index (κ2) is 15.7. The Morgan fingerprint density at radius 1 is 0.909 bits per heavy atom. The van der Waals surface area contributed by atoms with Crippen molar-refractivity contribution in [2.24, 2.45) is 64.1 Å². The van der Waals surface area contributed by atoms with E-state index in [1.54, 1.807) is 0 Å². The highest BCUT2D eigenvalue weighted by Crippen LogP contribution is 2.52. The van der Waals surface area contributed by atoms with Gasteiger partial charge in [0, 0.05) is 23.7 Å². The van der Waals surface area contributed by atoms with Crippen molar-refractivity contribution in [3.05, 3.63) is 0 Å². The number of carbonyl (C=O) groups excluding carboxylic acids is 5. The number of hydrogen-bond acceptors (Lipinski definition) is 12. The molecule has 7 aliphatic rings. The number of alkyl halides is 2. The first kappa shape index (κ1) is 40.6. The third-order valence-electron chi connectivity index (χ3n) is 14.2. The van der Waals surface area contributed by atoms with Crippen molar-refractivity contribution in [3.63, 3.8) is 0 Å². The van der Waals surface area contributed by atoms with Crippen LogP contribution < -0.4 is 0 Å². The molecule has 6 bridgehead atoms. The van der Waals surface area contributed by atoms with E-state index in [1.807, 2.05) is 6.92 Å². The number of Topliss-reactive ketones (excluding diaryl/α,β-unsaturated/α-hetero) is 1. The number of fused-ring (bicyclic) bond motifs is 6. The molecule has 6 aliphatic carbocycles. The predicted octanol–water partition coefficient (Wildman–Crippen LogP) is 5.08. The molecule has 0 aromatic rings. The van der Waals surface area contributed by atoms with Crippen LogP contribution in [0.5, 0.6) is 0 Å². The Kier molecular flexibility index (Phi) is 11.6. The van der Waals surface area contributed by atoms with Crippen LogP contribution in [-0.4, -0.2) is 87.0 Å². The zero-order valence-electron chi connectivity index (χ0n) is 31.4. The molecule has 0 aromatic carbocycles. The average molecular weight is 801 g/mol. The fourth-order valence-corrected chi connectivity index (χ4v) is 11.8. The van der Waals surface area contributed by atoms with Gasteiger partial charge in [-0.25, -0.2) is 4.79 Å². The standard InChI is InChI=1S/C39H54F2O13S/c1-22-8-25-11-28(31(22)43)14-29(12-25)33(44)50-18-37(21-53-35(45)38-7-3-5-24(15-38)9-26(16-38)17-42)19-51-34(52-20-37)30-13-23-4-2-6-27(10-23)32(30)54-36(46)39(40,41)55(47,48)49/h17,22-30,32,34H,2-16,18-21H2,1H3,(H,47,48,49). The highest BCUT2D eigenvalue weighted by atomic mass is 32.2. The molecule has 1 heterocycles. The van der Waals surface area contributed by atoms with E-state index in [1.165, 1.54) is 0 Å².